The number of hydrogen-bond donors (Lipinski definition) is 3. The van der Waals surface area contributed by atoms with Gasteiger partial charge in [-0.25, -0.2) is 4.79 Å². The fraction of sp³-hybridized carbons (Fsp3) is 0.333. The molecule has 1 rings (SSSR count). The first-order valence-corrected chi connectivity index (χ1v) is 6.04. The van der Waals surface area contributed by atoms with Crippen LogP contribution in [0.1, 0.15) is 6.92 Å². The molecule has 0 aliphatic carbocycles. The topological polar surface area (TPSA) is 78.4 Å². The zero-order valence-electron chi connectivity index (χ0n) is 10.8. The molecular weight excluding hydrogens is 313 g/mol. The number of amides is 1. The second-order valence-electron chi connectivity index (χ2n) is 4.34. The largest absolute Gasteiger partial charge is 0.480 e. The Morgan fingerprint density at radius 3 is 2.19 bits per heavy atom. The Labute approximate surface area is 123 Å². The van der Waals surface area contributed by atoms with Crippen molar-refractivity contribution in [2.45, 2.75) is 18.6 Å². The highest BCUT2D eigenvalue weighted by atomic mass is 35.5. The van der Waals surface area contributed by atoms with Crippen LogP contribution in [-0.4, -0.2) is 35.2 Å². The summed E-state index contributed by atoms with van der Waals surface area (Å²) in [6.07, 6.45) is -5.04. The van der Waals surface area contributed by atoms with Gasteiger partial charge in [0.25, 0.3) is 0 Å². The lowest BCUT2D eigenvalue weighted by Gasteiger charge is -2.28. The molecule has 1 aromatic rings. The van der Waals surface area contributed by atoms with E-state index in [2.05, 4.69) is 5.32 Å². The van der Waals surface area contributed by atoms with E-state index in [1.807, 2.05) is 0 Å². The molecule has 9 heteroatoms. The number of hydrogen-bond acceptors (Lipinski definition) is 3. The number of carbonyl (C=O) groups excluding carboxylic acids is 1. The van der Waals surface area contributed by atoms with Crippen molar-refractivity contribution in [2.75, 3.05) is 11.9 Å². The van der Waals surface area contributed by atoms with Gasteiger partial charge in [0.15, 0.2) is 0 Å². The summed E-state index contributed by atoms with van der Waals surface area (Å²) in [6.45, 7) is -0.365. The van der Waals surface area contributed by atoms with E-state index in [0.717, 1.165) is 0 Å². The summed E-state index contributed by atoms with van der Waals surface area (Å²) in [5.41, 5.74) is -2.88. The van der Waals surface area contributed by atoms with Crippen molar-refractivity contribution in [3.05, 3.63) is 29.3 Å². The zero-order chi connectivity index (χ0) is 16.3. The van der Waals surface area contributed by atoms with Gasteiger partial charge in [0.05, 0.1) is 6.54 Å². The van der Waals surface area contributed by atoms with Crippen molar-refractivity contribution in [2.24, 2.45) is 0 Å². The van der Waals surface area contributed by atoms with Crippen molar-refractivity contribution in [3.8, 4) is 0 Å². The molecule has 0 saturated heterocycles. The van der Waals surface area contributed by atoms with Crippen LogP contribution in [0.2, 0.25) is 5.02 Å². The van der Waals surface area contributed by atoms with E-state index in [9.17, 15) is 22.8 Å². The standard InChI is InChI=1S/C12H12ClF3N2O3/c1-11(10(20)21,12(14,15)16)17-6-9(19)18-8-4-2-7(13)3-5-8/h2-5,17H,6H2,1H3,(H,18,19)(H,20,21). The second kappa shape index (κ2) is 6.31. The average Bonchev–Trinajstić information content (AvgIpc) is 2.37. The number of alkyl halides is 3. The highest BCUT2D eigenvalue weighted by molar-refractivity contribution is 6.30. The molecule has 0 saturated carbocycles. The van der Waals surface area contributed by atoms with Crippen LogP contribution in [0.5, 0.6) is 0 Å². The highest BCUT2D eigenvalue weighted by Crippen LogP contribution is 2.30. The Morgan fingerprint density at radius 2 is 1.76 bits per heavy atom. The molecule has 116 valence electrons. The third-order valence-corrected chi connectivity index (χ3v) is 2.98. The summed E-state index contributed by atoms with van der Waals surface area (Å²) in [5.74, 6) is -2.93. The van der Waals surface area contributed by atoms with Crippen molar-refractivity contribution in [3.63, 3.8) is 0 Å². The van der Waals surface area contributed by atoms with Crippen LogP contribution < -0.4 is 10.6 Å². The van der Waals surface area contributed by atoms with Gasteiger partial charge in [-0.2, -0.15) is 13.2 Å². The summed E-state index contributed by atoms with van der Waals surface area (Å²) in [7, 11) is 0. The summed E-state index contributed by atoms with van der Waals surface area (Å²) in [4.78, 5) is 22.3. The van der Waals surface area contributed by atoms with Crippen molar-refractivity contribution < 1.29 is 27.9 Å². The van der Waals surface area contributed by atoms with Gasteiger partial charge in [-0.15, -0.1) is 0 Å². The van der Waals surface area contributed by atoms with E-state index in [-0.39, 0.29) is 0 Å². The fourth-order valence-corrected chi connectivity index (χ4v) is 1.42. The zero-order valence-corrected chi connectivity index (χ0v) is 11.5. The minimum Gasteiger partial charge on any atom is -0.480 e. The predicted molar refractivity (Wildman–Crippen MR) is 70.2 cm³/mol. The highest BCUT2D eigenvalue weighted by Gasteiger charge is 2.57. The molecule has 1 amide bonds. The van der Waals surface area contributed by atoms with Gasteiger partial charge >= 0.3 is 12.1 Å². The van der Waals surface area contributed by atoms with Crippen LogP contribution in [0.3, 0.4) is 0 Å². The van der Waals surface area contributed by atoms with E-state index in [1.165, 1.54) is 24.3 Å². The number of carboxylic acid groups (broad SMARTS) is 1. The number of carboxylic acids is 1. The van der Waals surface area contributed by atoms with Gasteiger partial charge in [0, 0.05) is 10.7 Å². The predicted octanol–water partition coefficient (Wildman–Crippen LogP) is 2.27. The lowest BCUT2D eigenvalue weighted by atomic mass is 10.0. The molecule has 5 nitrogen and oxygen atoms in total. The number of benzene rings is 1. The van der Waals surface area contributed by atoms with Crippen LogP contribution in [-0.2, 0) is 9.59 Å². The second-order valence-corrected chi connectivity index (χ2v) is 4.77. The molecule has 0 aromatic heterocycles. The van der Waals surface area contributed by atoms with Crippen LogP contribution in [0.4, 0.5) is 18.9 Å². The summed E-state index contributed by atoms with van der Waals surface area (Å²) in [5, 5.41) is 13.1. The SMILES string of the molecule is CC(NCC(=O)Nc1ccc(Cl)cc1)(C(=O)O)C(F)(F)F. The fourth-order valence-electron chi connectivity index (χ4n) is 1.29. The molecule has 1 atom stereocenters. The molecule has 0 spiro atoms. The molecular formula is C12H12ClF3N2O3. The Kier molecular flexibility index (Phi) is 5.19. The maximum atomic E-state index is 12.7. The van der Waals surface area contributed by atoms with Gasteiger partial charge < -0.3 is 10.4 Å². The minimum atomic E-state index is -5.04. The number of carbonyl (C=O) groups is 2. The van der Waals surface area contributed by atoms with Crippen LogP contribution in [0, 0.1) is 0 Å². The maximum Gasteiger partial charge on any atom is 0.417 e. The Bertz CT molecular complexity index is 534. The normalized spacial score (nSPS) is 14.3. The molecule has 0 aliphatic heterocycles. The van der Waals surface area contributed by atoms with E-state index in [0.29, 0.717) is 17.6 Å². The third kappa shape index (κ3) is 4.33. The molecule has 0 heterocycles. The summed E-state index contributed by atoms with van der Waals surface area (Å²) in [6, 6.07) is 5.89. The first-order valence-electron chi connectivity index (χ1n) is 5.67. The molecule has 21 heavy (non-hydrogen) atoms. The molecule has 0 fully saturated rings. The minimum absolute atomic E-state index is 0.329. The summed E-state index contributed by atoms with van der Waals surface area (Å²) < 4.78 is 38.1. The smallest absolute Gasteiger partial charge is 0.417 e. The molecule has 0 bridgehead atoms. The Balaban J connectivity index is 2.67. The van der Waals surface area contributed by atoms with Crippen molar-refractivity contribution in [1.29, 1.82) is 0 Å². The van der Waals surface area contributed by atoms with Gasteiger partial charge in [-0.05, 0) is 31.2 Å². The first kappa shape index (κ1) is 17.3. The van der Waals surface area contributed by atoms with Gasteiger partial charge in [0.1, 0.15) is 0 Å². The Morgan fingerprint density at radius 1 is 1.24 bits per heavy atom. The van der Waals surface area contributed by atoms with E-state index >= 15 is 0 Å². The monoisotopic (exact) mass is 324 g/mol. The molecule has 3 N–H and O–H groups in total. The molecule has 1 aromatic carbocycles. The molecule has 0 aliphatic rings. The van der Waals surface area contributed by atoms with Crippen molar-refractivity contribution in [1.82, 2.24) is 5.32 Å². The van der Waals surface area contributed by atoms with Crippen LogP contribution >= 0.6 is 11.6 Å². The van der Waals surface area contributed by atoms with E-state index in [4.69, 9.17) is 16.7 Å². The molecule has 1 unspecified atom stereocenters. The van der Waals surface area contributed by atoms with Gasteiger partial charge in [-0.1, -0.05) is 11.6 Å². The van der Waals surface area contributed by atoms with E-state index in [1.54, 1.807) is 5.32 Å². The summed E-state index contributed by atoms with van der Waals surface area (Å²) >= 11 is 5.64. The lowest BCUT2D eigenvalue weighted by Crippen LogP contribution is -2.61. The molecule has 0 radical (unpaired) electrons. The van der Waals surface area contributed by atoms with Crippen LogP contribution in [0.15, 0.2) is 24.3 Å². The van der Waals surface area contributed by atoms with Crippen LogP contribution in [0.25, 0.3) is 0 Å². The lowest BCUT2D eigenvalue weighted by molar-refractivity contribution is -0.205. The Hall–Kier alpha value is -1.80. The van der Waals surface area contributed by atoms with Crippen molar-refractivity contribution >= 4 is 29.2 Å². The average molecular weight is 325 g/mol. The quantitative estimate of drug-likeness (QED) is 0.776. The maximum absolute atomic E-state index is 12.7. The number of aliphatic carboxylic acids is 1. The number of nitrogens with one attached hydrogen (secondary N) is 2. The number of anilines is 1. The number of rotatable bonds is 5. The number of halogens is 4. The van der Waals surface area contributed by atoms with Gasteiger partial charge in [0.2, 0.25) is 11.4 Å². The van der Waals surface area contributed by atoms with E-state index < -0.39 is 30.1 Å². The first-order chi connectivity index (χ1) is 9.56. The third-order valence-electron chi connectivity index (χ3n) is 2.73. The van der Waals surface area contributed by atoms with Gasteiger partial charge in [-0.3, -0.25) is 10.1 Å².